The lowest BCUT2D eigenvalue weighted by atomic mass is 9.94. The molecule has 0 aliphatic heterocycles. The first kappa shape index (κ1) is 15.2. The van der Waals surface area contributed by atoms with Crippen LogP contribution in [0.2, 0.25) is 0 Å². The first-order valence-corrected chi connectivity index (χ1v) is 7.50. The number of hydrogen-bond acceptors (Lipinski definition) is 3. The highest BCUT2D eigenvalue weighted by atomic mass is 16.5. The van der Waals surface area contributed by atoms with E-state index in [1.807, 2.05) is 30.3 Å². The Morgan fingerprint density at radius 3 is 2.85 bits per heavy atom. The van der Waals surface area contributed by atoms with Gasteiger partial charge in [-0.05, 0) is 37.3 Å². The van der Waals surface area contributed by atoms with E-state index in [0.717, 1.165) is 24.4 Å². The van der Waals surface area contributed by atoms with Gasteiger partial charge in [-0.25, -0.2) is 0 Å². The second-order valence-electron chi connectivity index (χ2n) is 5.46. The van der Waals surface area contributed by atoms with Crippen molar-refractivity contribution >= 4 is 0 Å². The second kappa shape index (κ2) is 8.90. The summed E-state index contributed by atoms with van der Waals surface area (Å²) >= 11 is 0. The molecular formula is C17H25NO2. The summed E-state index contributed by atoms with van der Waals surface area (Å²) in [6, 6.07) is 10.0. The Morgan fingerprint density at radius 2 is 2.10 bits per heavy atom. The lowest BCUT2D eigenvalue weighted by molar-refractivity contribution is 0.0285. The molecule has 2 atom stereocenters. The molecule has 0 radical (unpaired) electrons. The Labute approximate surface area is 121 Å². The van der Waals surface area contributed by atoms with E-state index in [1.165, 1.54) is 12.8 Å². The van der Waals surface area contributed by atoms with E-state index in [0.29, 0.717) is 19.8 Å². The van der Waals surface area contributed by atoms with Crippen molar-refractivity contribution in [3.05, 3.63) is 48.0 Å². The zero-order valence-corrected chi connectivity index (χ0v) is 12.0. The van der Waals surface area contributed by atoms with Gasteiger partial charge in [0.15, 0.2) is 0 Å². The Hall–Kier alpha value is -1.16. The van der Waals surface area contributed by atoms with Crippen LogP contribution in [0.25, 0.3) is 0 Å². The van der Waals surface area contributed by atoms with E-state index in [2.05, 4.69) is 17.5 Å². The van der Waals surface area contributed by atoms with Gasteiger partial charge in [0.25, 0.3) is 0 Å². The first-order valence-electron chi connectivity index (χ1n) is 7.50. The van der Waals surface area contributed by atoms with Crippen LogP contribution in [0.5, 0.6) is 0 Å². The highest BCUT2D eigenvalue weighted by Crippen LogP contribution is 2.16. The largest absolute Gasteiger partial charge is 0.389 e. The van der Waals surface area contributed by atoms with Crippen molar-refractivity contribution in [3.63, 3.8) is 0 Å². The van der Waals surface area contributed by atoms with E-state index in [-0.39, 0.29) is 0 Å². The van der Waals surface area contributed by atoms with Crippen LogP contribution in [0.15, 0.2) is 42.5 Å². The lowest BCUT2D eigenvalue weighted by Crippen LogP contribution is -2.33. The second-order valence-corrected chi connectivity index (χ2v) is 5.46. The van der Waals surface area contributed by atoms with Gasteiger partial charge < -0.3 is 15.2 Å². The number of benzene rings is 1. The van der Waals surface area contributed by atoms with Gasteiger partial charge in [0.2, 0.25) is 0 Å². The molecule has 3 heteroatoms. The summed E-state index contributed by atoms with van der Waals surface area (Å²) < 4.78 is 5.52. The van der Waals surface area contributed by atoms with Crippen molar-refractivity contribution < 1.29 is 9.84 Å². The van der Waals surface area contributed by atoms with Gasteiger partial charge in [-0.1, -0.05) is 42.5 Å². The standard InChI is InChI=1S/C17H25NO2/c19-17(12-18-11-15-7-3-1-4-8-15)14-20-13-16-9-5-2-6-10-16/h1-3,5-6,9-10,15,17-19H,4,7-8,11-14H2. The van der Waals surface area contributed by atoms with Gasteiger partial charge in [-0.15, -0.1) is 0 Å². The van der Waals surface area contributed by atoms with Crippen molar-refractivity contribution in [2.45, 2.75) is 32.0 Å². The zero-order valence-electron chi connectivity index (χ0n) is 12.0. The van der Waals surface area contributed by atoms with Crippen molar-refractivity contribution in [2.75, 3.05) is 19.7 Å². The molecule has 1 aromatic rings. The molecule has 2 unspecified atom stereocenters. The normalized spacial score (nSPS) is 19.9. The number of rotatable bonds is 8. The first-order chi connectivity index (χ1) is 9.84. The van der Waals surface area contributed by atoms with E-state index in [4.69, 9.17) is 4.74 Å². The minimum absolute atomic E-state index is 0.381. The van der Waals surface area contributed by atoms with Gasteiger partial charge in [0.05, 0.1) is 19.3 Å². The van der Waals surface area contributed by atoms with Crippen molar-refractivity contribution in [1.82, 2.24) is 5.32 Å². The summed E-state index contributed by atoms with van der Waals surface area (Å²) in [4.78, 5) is 0. The molecule has 0 bridgehead atoms. The molecule has 0 saturated carbocycles. The molecule has 1 aromatic carbocycles. The average Bonchev–Trinajstić information content (AvgIpc) is 2.49. The summed E-state index contributed by atoms with van der Waals surface area (Å²) in [5.41, 5.74) is 1.14. The van der Waals surface area contributed by atoms with Crippen LogP contribution in [-0.4, -0.2) is 30.9 Å². The maximum absolute atomic E-state index is 9.86. The summed E-state index contributed by atoms with van der Waals surface area (Å²) in [6.45, 7) is 2.53. The number of hydrogen-bond donors (Lipinski definition) is 2. The third-order valence-electron chi connectivity index (χ3n) is 3.61. The van der Waals surface area contributed by atoms with Crippen LogP contribution < -0.4 is 5.32 Å². The van der Waals surface area contributed by atoms with Gasteiger partial charge in [-0.2, -0.15) is 0 Å². The summed E-state index contributed by atoms with van der Waals surface area (Å²) in [7, 11) is 0. The van der Waals surface area contributed by atoms with Gasteiger partial charge in [-0.3, -0.25) is 0 Å². The van der Waals surface area contributed by atoms with Crippen molar-refractivity contribution in [2.24, 2.45) is 5.92 Å². The molecule has 0 amide bonds. The highest BCUT2D eigenvalue weighted by Gasteiger charge is 2.10. The molecule has 0 fully saturated rings. The topological polar surface area (TPSA) is 41.5 Å². The fourth-order valence-corrected chi connectivity index (χ4v) is 2.44. The number of aliphatic hydroxyl groups excluding tert-OH is 1. The molecule has 0 spiro atoms. The number of allylic oxidation sites excluding steroid dienone is 2. The predicted molar refractivity (Wildman–Crippen MR) is 81.5 cm³/mol. The highest BCUT2D eigenvalue weighted by molar-refractivity contribution is 5.13. The number of ether oxygens (including phenoxy) is 1. The molecule has 3 nitrogen and oxygen atoms in total. The molecule has 1 aliphatic carbocycles. The predicted octanol–water partition coefficient (Wildman–Crippen LogP) is 2.51. The molecule has 1 aliphatic rings. The van der Waals surface area contributed by atoms with Crippen LogP contribution in [0, 0.1) is 5.92 Å². The zero-order chi connectivity index (χ0) is 14.0. The number of nitrogens with one attached hydrogen (secondary N) is 1. The van der Waals surface area contributed by atoms with E-state index < -0.39 is 6.10 Å². The van der Waals surface area contributed by atoms with Crippen LogP contribution in [0.4, 0.5) is 0 Å². The van der Waals surface area contributed by atoms with E-state index in [1.54, 1.807) is 0 Å². The molecule has 0 heterocycles. The van der Waals surface area contributed by atoms with Crippen LogP contribution in [-0.2, 0) is 11.3 Å². The molecule has 0 aromatic heterocycles. The van der Waals surface area contributed by atoms with Gasteiger partial charge >= 0.3 is 0 Å². The average molecular weight is 275 g/mol. The van der Waals surface area contributed by atoms with Gasteiger partial charge in [0, 0.05) is 6.54 Å². The summed E-state index contributed by atoms with van der Waals surface area (Å²) in [5.74, 6) is 0.720. The summed E-state index contributed by atoms with van der Waals surface area (Å²) in [6.07, 6.45) is 7.68. The third-order valence-corrected chi connectivity index (χ3v) is 3.61. The Balaban J connectivity index is 1.52. The Bertz CT molecular complexity index is 391. The van der Waals surface area contributed by atoms with Crippen LogP contribution >= 0.6 is 0 Å². The molecule has 2 N–H and O–H groups in total. The monoisotopic (exact) mass is 275 g/mol. The lowest BCUT2D eigenvalue weighted by Gasteiger charge is -2.19. The molecular weight excluding hydrogens is 250 g/mol. The fraction of sp³-hybridized carbons (Fsp3) is 0.529. The minimum Gasteiger partial charge on any atom is -0.389 e. The quantitative estimate of drug-likeness (QED) is 0.716. The smallest absolute Gasteiger partial charge is 0.0897 e. The third kappa shape index (κ3) is 5.87. The maximum atomic E-state index is 9.86. The number of aliphatic hydroxyl groups is 1. The minimum atomic E-state index is -0.433. The Kier molecular flexibility index (Phi) is 6.78. The maximum Gasteiger partial charge on any atom is 0.0897 e. The molecule has 110 valence electrons. The van der Waals surface area contributed by atoms with Gasteiger partial charge in [0.1, 0.15) is 0 Å². The van der Waals surface area contributed by atoms with E-state index in [9.17, 15) is 5.11 Å². The fourth-order valence-electron chi connectivity index (χ4n) is 2.44. The molecule has 20 heavy (non-hydrogen) atoms. The van der Waals surface area contributed by atoms with Crippen molar-refractivity contribution in [1.29, 1.82) is 0 Å². The molecule has 2 rings (SSSR count). The van der Waals surface area contributed by atoms with Crippen LogP contribution in [0.1, 0.15) is 24.8 Å². The van der Waals surface area contributed by atoms with E-state index >= 15 is 0 Å². The molecule has 0 saturated heterocycles. The van der Waals surface area contributed by atoms with Crippen LogP contribution in [0.3, 0.4) is 0 Å². The summed E-state index contributed by atoms with van der Waals surface area (Å²) in [5, 5.41) is 13.2. The SMILES string of the molecule is OC(CNCC1CC=CCC1)COCc1ccccc1. The van der Waals surface area contributed by atoms with Crippen molar-refractivity contribution in [3.8, 4) is 0 Å². The Morgan fingerprint density at radius 1 is 1.25 bits per heavy atom.